The molecule has 1 heterocycles. The molecule has 0 N–H and O–H groups in total. The second kappa shape index (κ2) is 13.3. The molecule has 2 saturated carbocycles. The van der Waals surface area contributed by atoms with Crippen LogP contribution in [-0.2, 0) is 19.0 Å². The Labute approximate surface area is 197 Å². The third-order valence-corrected chi connectivity index (χ3v) is 8.40. The van der Waals surface area contributed by atoms with Crippen LogP contribution in [0.1, 0.15) is 124 Å². The van der Waals surface area contributed by atoms with Gasteiger partial charge < -0.3 is 14.2 Å². The smallest absolute Gasteiger partial charge is 0.316 e. The fourth-order valence-corrected chi connectivity index (χ4v) is 5.96. The summed E-state index contributed by atoms with van der Waals surface area (Å²) in [6.45, 7) is 7.35. The second-order valence-corrected chi connectivity index (χ2v) is 11.4. The minimum Gasteiger partial charge on any atom is -0.462 e. The number of unbranched alkanes of at least 4 members (excludes halogenated alkanes) is 4. The van der Waals surface area contributed by atoms with E-state index in [1.165, 1.54) is 89.9 Å². The number of hydrogen-bond donors (Lipinski definition) is 0. The summed E-state index contributed by atoms with van der Waals surface area (Å²) in [5, 5.41) is 0. The van der Waals surface area contributed by atoms with E-state index in [2.05, 4.69) is 13.8 Å². The number of ether oxygens (including phenoxy) is 3. The molecule has 0 aromatic rings. The molecule has 0 aromatic carbocycles. The molecule has 1 aliphatic heterocycles. The van der Waals surface area contributed by atoms with Crippen LogP contribution < -0.4 is 0 Å². The lowest BCUT2D eigenvalue weighted by Crippen LogP contribution is -2.49. The first kappa shape index (κ1) is 26.0. The molecule has 3 fully saturated rings. The van der Waals surface area contributed by atoms with Crippen molar-refractivity contribution < 1.29 is 19.0 Å². The van der Waals surface area contributed by atoms with Crippen molar-refractivity contribution in [2.24, 2.45) is 23.2 Å². The number of carbonyl (C=O) groups excluding carboxylic acids is 1. The number of carbonyl (C=O) groups is 1. The lowest BCUT2D eigenvalue weighted by atomic mass is 9.79. The van der Waals surface area contributed by atoms with E-state index < -0.39 is 5.41 Å². The van der Waals surface area contributed by atoms with Crippen LogP contribution in [0.4, 0.5) is 0 Å². The Morgan fingerprint density at radius 1 is 0.781 bits per heavy atom. The highest BCUT2D eigenvalue weighted by Crippen LogP contribution is 2.38. The Balaban J connectivity index is 1.34. The first-order valence-corrected chi connectivity index (χ1v) is 14.0. The minimum atomic E-state index is -0.661. The Hall–Kier alpha value is -0.610. The van der Waals surface area contributed by atoms with Gasteiger partial charge >= 0.3 is 5.97 Å². The van der Waals surface area contributed by atoms with Crippen LogP contribution in [0.25, 0.3) is 0 Å². The zero-order valence-electron chi connectivity index (χ0n) is 21.2. The zero-order chi connectivity index (χ0) is 22.8. The van der Waals surface area contributed by atoms with Crippen molar-refractivity contribution in [3.63, 3.8) is 0 Å². The average molecular weight is 451 g/mol. The number of hydrogen-bond acceptors (Lipinski definition) is 4. The molecular formula is C28H50O4. The van der Waals surface area contributed by atoms with E-state index in [-0.39, 0.29) is 18.4 Å². The molecule has 0 amide bonds. The molecule has 3 rings (SSSR count). The van der Waals surface area contributed by atoms with Gasteiger partial charge in [-0.05, 0) is 70.1 Å². The van der Waals surface area contributed by atoms with Crippen molar-refractivity contribution in [3.8, 4) is 0 Å². The summed E-state index contributed by atoms with van der Waals surface area (Å²) in [5.74, 6) is 2.09. The topological polar surface area (TPSA) is 44.8 Å². The van der Waals surface area contributed by atoms with Crippen molar-refractivity contribution in [1.82, 2.24) is 0 Å². The SMILES string of the molecule is CCCCCC1CCC(OC(=O)C2(C)COC(C3CCC(CCCCC)CC3)OC2)CC1. The maximum absolute atomic E-state index is 12.9. The molecule has 1 saturated heterocycles. The van der Waals surface area contributed by atoms with E-state index in [9.17, 15) is 4.79 Å². The predicted molar refractivity (Wildman–Crippen MR) is 129 cm³/mol. The van der Waals surface area contributed by atoms with Crippen LogP contribution in [0.15, 0.2) is 0 Å². The van der Waals surface area contributed by atoms with Gasteiger partial charge in [-0.1, -0.05) is 65.2 Å². The van der Waals surface area contributed by atoms with Gasteiger partial charge in [-0.2, -0.15) is 0 Å². The van der Waals surface area contributed by atoms with Crippen LogP contribution in [0.2, 0.25) is 0 Å². The Bertz CT molecular complexity index is 524. The lowest BCUT2D eigenvalue weighted by molar-refractivity contribution is -0.254. The van der Waals surface area contributed by atoms with Crippen LogP contribution in [0.5, 0.6) is 0 Å². The van der Waals surface area contributed by atoms with Crippen LogP contribution in [0.3, 0.4) is 0 Å². The Morgan fingerprint density at radius 2 is 1.28 bits per heavy atom. The maximum atomic E-state index is 12.9. The molecular weight excluding hydrogens is 400 g/mol. The molecule has 0 atom stereocenters. The Morgan fingerprint density at radius 3 is 1.78 bits per heavy atom. The zero-order valence-corrected chi connectivity index (χ0v) is 21.2. The Kier molecular flexibility index (Phi) is 10.8. The molecule has 0 aromatic heterocycles. The first-order chi connectivity index (χ1) is 15.5. The van der Waals surface area contributed by atoms with Crippen LogP contribution in [-0.4, -0.2) is 31.6 Å². The van der Waals surface area contributed by atoms with Crippen molar-refractivity contribution in [1.29, 1.82) is 0 Å². The van der Waals surface area contributed by atoms with E-state index in [0.717, 1.165) is 24.7 Å². The molecule has 32 heavy (non-hydrogen) atoms. The average Bonchev–Trinajstić information content (AvgIpc) is 2.81. The van der Waals surface area contributed by atoms with Gasteiger partial charge in [0, 0.05) is 5.92 Å². The van der Waals surface area contributed by atoms with Crippen molar-refractivity contribution in [2.45, 2.75) is 136 Å². The highest BCUT2D eigenvalue weighted by Gasteiger charge is 2.44. The predicted octanol–water partition coefficient (Wildman–Crippen LogP) is 7.43. The van der Waals surface area contributed by atoms with Gasteiger partial charge in [0.1, 0.15) is 11.5 Å². The molecule has 186 valence electrons. The van der Waals surface area contributed by atoms with Gasteiger partial charge in [0.05, 0.1) is 13.2 Å². The van der Waals surface area contributed by atoms with Gasteiger partial charge in [-0.25, -0.2) is 0 Å². The fraction of sp³-hybridized carbons (Fsp3) is 0.964. The minimum absolute atomic E-state index is 0.0856. The van der Waals surface area contributed by atoms with Gasteiger partial charge in [0.25, 0.3) is 0 Å². The first-order valence-electron chi connectivity index (χ1n) is 14.0. The number of rotatable bonds is 11. The van der Waals surface area contributed by atoms with Gasteiger partial charge in [0.15, 0.2) is 6.29 Å². The maximum Gasteiger partial charge on any atom is 0.316 e. The van der Waals surface area contributed by atoms with E-state index in [1.807, 2.05) is 6.92 Å². The van der Waals surface area contributed by atoms with E-state index in [4.69, 9.17) is 14.2 Å². The van der Waals surface area contributed by atoms with Gasteiger partial charge in [0.2, 0.25) is 0 Å². The molecule has 2 aliphatic carbocycles. The van der Waals surface area contributed by atoms with Crippen molar-refractivity contribution in [2.75, 3.05) is 13.2 Å². The van der Waals surface area contributed by atoms with Crippen LogP contribution >= 0.6 is 0 Å². The van der Waals surface area contributed by atoms with Gasteiger partial charge in [-0.15, -0.1) is 0 Å². The summed E-state index contributed by atoms with van der Waals surface area (Å²) < 4.78 is 18.2. The summed E-state index contributed by atoms with van der Waals surface area (Å²) in [6.07, 6.45) is 20.2. The highest BCUT2D eigenvalue weighted by molar-refractivity contribution is 5.77. The monoisotopic (exact) mass is 450 g/mol. The quantitative estimate of drug-likeness (QED) is 0.242. The van der Waals surface area contributed by atoms with Gasteiger partial charge in [-0.3, -0.25) is 4.79 Å². The van der Waals surface area contributed by atoms with Crippen LogP contribution in [0, 0.1) is 23.2 Å². The highest BCUT2D eigenvalue weighted by atomic mass is 16.7. The lowest BCUT2D eigenvalue weighted by Gasteiger charge is -2.41. The molecule has 4 nitrogen and oxygen atoms in total. The molecule has 3 aliphatic rings. The van der Waals surface area contributed by atoms with E-state index >= 15 is 0 Å². The molecule has 0 bridgehead atoms. The third-order valence-electron chi connectivity index (χ3n) is 8.40. The summed E-state index contributed by atoms with van der Waals surface area (Å²) in [5.41, 5.74) is -0.661. The molecule has 0 radical (unpaired) electrons. The summed E-state index contributed by atoms with van der Waals surface area (Å²) >= 11 is 0. The molecule has 0 unspecified atom stereocenters. The molecule has 0 spiro atoms. The summed E-state index contributed by atoms with van der Waals surface area (Å²) in [4.78, 5) is 12.9. The largest absolute Gasteiger partial charge is 0.462 e. The fourth-order valence-electron chi connectivity index (χ4n) is 5.96. The summed E-state index contributed by atoms with van der Waals surface area (Å²) in [7, 11) is 0. The molecule has 4 heteroatoms. The second-order valence-electron chi connectivity index (χ2n) is 11.4. The van der Waals surface area contributed by atoms with Crippen molar-refractivity contribution in [3.05, 3.63) is 0 Å². The third kappa shape index (κ3) is 7.72. The normalized spacial score (nSPS) is 36.0. The number of esters is 1. The van der Waals surface area contributed by atoms with Crippen molar-refractivity contribution >= 4 is 5.97 Å². The van der Waals surface area contributed by atoms with E-state index in [0.29, 0.717) is 19.1 Å². The summed E-state index contributed by atoms with van der Waals surface area (Å²) in [6, 6.07) is 0. The standard InChI is InChI=1S/C28H50O4/c1-4-6-8-10-22-12-16-24(17-13-22)26-30-20-28(3,21-31-26)27(29)32-25-18-14-23(15-19-25)11-9-7-5-2/h22-26H,4-21H2,1-3H3. The van der Waals surface area contributed by atoms with E-state index in [1.54, 1.807) is 0 Å².